The molecule has 0 aliphatic rings. The quantitative estimate of drug-likeness (QED) is 0.732. The van der Waals surface area contributed by atoms with Crippen LogP contribution in [0.5, 0.6) is 0 Å². The van der Waals surface area contributed by atoms with E-state index < -0.39 is 12.6 Å². The first kappa shape index (κ1) is 15.7. The lowest BCUT2D eigenvalue weighted by atomic mass is 10.0. The molecule has 1 heterocycles. The summed E-state index contributed by atoms with van der Waals surface area (Å²) in [4.78, 5) is 15.4. The number of rotatable bonds is 5. The van der Waals surface area contributed by atoms with Gasteiger partial charge < -0.3 is 10.6 Å². The molecule has 0 unspecified atom stereocenters. The van der Waals surface area contributed by atoms with Crippen LogP contribution in [0, 0.1) is 0 Å². The molecule has 0 spiro atoms. The molecule has 3 aromatic rings. The number of pyridine rings is 1. The second kappa shape index (κ2) is 7.37. The van der Waals surface area contributed by atoms with Gasteiger partial charge in [-0.1, -0.05) is 30.3 Å². The molecule has 2 aromatic carbocycles. The normalized spacial score (nSPS) is 10.2. The lowest BCUT2D eigenvalue weighted by Gasteiger charge is -2.12. The Morgan fingerprint density at radius 1 is 1.00 bits per heavy atom. The number of carbonyl (C=O) groups excluding carboxylic acids is 1. The smallest absolute Gasteiger partial charge is 0.255 e. The fraction of sp³-hybridized carbons (Fsp3) is 0.0526. The van der Waals surface area contributed by atoms with Gasteiger partial charge in [-0.05, 0) is 35.9 Å². The van der Waals surface area contributed by atoms with E-state index in [1.54, 1.807) is 24.5 Å². The van der Waals surface area contributed by atoms with Crippen molar-refractivity contribution in [2.45, 2.75) is 0 Å². The van der Waals surface area contributed by atoms with Crippen molar-refractivity contribution in [1.29, 1.82) is 0 Å². The maximum Gasteiger partial charge on any atom is 0.255 e. The number of anilines is 3. The molecule has 5 heteroatoms. The molecule has 0 radical (unpaired) electrons. The standard InChI is InChI=1S/C19H16FN3O/c20-12-19(24)23-18-9-2-1-8-17(18)14-5-3-6-15(11-14)22-16-7-4-10-21-13-16/h1-11,13,22H,12H2,(H,23,24). The van der Waals surface area contributed by atoms with Crippen LogP contribution in [0.15, 0.2) is 73.1 Å². The number of nitrogens with zero attached hydrogens (tertiary/aromatic N) is 1. The molecule has 1 aromatic heterocycles. The third-order valence-corrected chi connectivity index (χ3v) is 3.45. The van der Waals surface area contributed by atoms with E-state index in [0.717, 1.165) is 22.5 Å². The van der Waals surface area contributed by atoms with E-state index in [0.29, 0.717) is 5.69 Å². The molecule has 0 atom stereocenters. The van der Waals surface area contributed by atoms with Gasteiger partial charge in [0.25, 0.3) is 5.91 Å². The molecule has 1 amide bonds. The summed E-state index contributed by atoms with van der Waals surface area (Å²) in [5.41, 5.74) is 4.10. The zero-order chi connectivity index (χ0) is 16.8. The second-order valence-corrected chi connectivity index (χ2v) is 5.17. The Bertz CT molecular complexity index is 837. The average molecular weight is 321 g/mol. The summed E-state index contributed by atoms with van der Waals surface area (Å²) < 4.78 is 12.5. The number of halogens is 1. The van der Waals surface area contributed by atoms with E-state index in [1.807, 2.05) is 48.5 Å². The van der Waals surface area contributed by atoms with Gasteiger partial charge in [0.1, 0.15) is 0 Å². The zero-order valence-corrected chi connectivity index (χ0v) is 12.9. The van der Waals surface area contributed by atoms with E-state index in [1.165, 1.54) is 0 Å². The number of hydrogen-bond donors (Lipinski definition) is 2. The molecular formula is C19H16FN3O. The lowest BCUT2D eigenvalue weighted by molar-refractivity contribution is -0.117. The molecule has 3 rings (SSSR count). The largest absolute Gasteiger partial charge is 0.354 e. The van der Waals surface area contributed by atoms with Crippen LogP contribution in [0.2, 0.25) is 0 Å². The molecule has 0 aliphatic carbocycles. The van der Waals surface area contributed by atoms with Gasteiger partial charge in [0.2, 0.25) is 0 Å². The van der Waals surface area contributed by atoms with E-state index in [-0.39, 0.29) is 0 Å². The van der Waals surface area contributed by atoms with E-state index in [9.17, 15) is 9.18 Å². The molecule has 0 bridgehead atoms. The zero-order valence-electron chi connectivity index (χ0n) is 12.9. The van der Waals surface area contributed by atoms with Crippen molar-refractivity contribution in [3.05, 3.63) is 73.1 Å². The predicted molar refractivity (Wildman–Crippen MR) is 94.0 cm³/mol. The highest BCUT2D eigenvalue weighted by Crippen LogP contribution is 2.30. The molecule has 0 saturated heterocycles. The Hall–Kier alpha value is -3.21. The first-order valence-corrected chi connectivity index (χ1v) is 7.48. The Kier molecular flexibility index (Phi) is 4.81. The fourth-order valence-electron chi connectivity index (χ4n) is 2.40. The van der Waals surface area contributed by atoms with Gasteiger partial charge in [0, 0.05) is 23.1 Å². The highest BCUT2D eigenvalue weighted by molar-refractivity contribution is 5.96. The summed E-state index contributed by atoms with van der Waals surface area (Å²) in [6.45, 7) is -1.04. The Labute approximate surface area is 139 Å². The summed E-state index contributed by atoms with van der Waals surface area (Å²) in [5, 5.41) is 5.86. The Morgan fingerprint density at radius 3 is 2.62 bits per heavy atom. The number of benzene rings is 2. The number of nitrogens with one attached hydrogen (secondary N) is 2. The van der Waals surface area contributed by atoms with Gasteiger partial charge in [-0.25, -0.2) is 4.39 Å². The summed E-state index contributed by atoms with van der Waals surface area (Å²) >= 11 is 0. The minimum atomic E-state index is -1.04. The number of hydrogen-bond acceptors (Lipinski definition) is 3. The predicted octanol–water partition coefficient (Wildman–Crippen LogP) is 4.40. The van der Waals surface area contributed by atoms with Gasteiger partial charge in [-0.15, -0.1) is 0 Å². The van der Waals surface area contributed by atoms with Gasteiger partial charge in [0.15, 0.2) is 6.67 Å². The third-order valence-electron chi connectivity index (χ3n) is 3.45. The van der Waals surface area contributed by atoms with Crippen LogP contribution in [0.25, 0.3) is 11.1 Å². The van der Waals surface area contributed by atoms with Gasteiger partial charge >= 0.3 is 0 Å². The highest BCUT2D eigenvalue weighted by atomic mass is 19.1. The summed E-state index contributed by atoms with van der Waals surface area (Å²) in [7, 11) is 0. The Balaban J connectivity index is 1.90. The first-order valence-electron chi connectivity index (χ1n) is 7.48. The van der Waals surface area contributed by atoms with Crippen LogP contribution < -0.4 is 10.6 Å². The van der Waals surface area contributed by atoms with Crippen LogP contribution in [-0.2, 0) is 4.79 Å². The topological polar surface area (TPSA) is 54.0 Å². The number of aromatic nitrogens is 1. The van der Waals surface area contributed by atoms with Crippen LogP contribution >= 0.6 is 0 Å². The SMILES string of the molecule is O=C(CF)Nc1ccccc1-c1cccc(Nc2cccnc2)c1. The van der Waals surface area contributed by atoms with E-state index in [4.69, 9.17) is 0 Å². The van der Waals surface area contributed by atoms with E-state index >= 15 is 0 Å². The second-order valence-electron chi connectivity index (χ2n) is 5.17. The molecule has 2 N–H and O–H groups in total. The van der Waals surface area contributed by atoms with Crippen molar-refractivity contribution in [1.82, 2.24) is 4.98 Å². The fourth-order valence-corrected chi connectivity index (χ4v) is 2.40. The van der Waals surface area contributed by atoms with Crippen LogP contribution in [0.1, 0.15) is 0 Å². The summed E-state index contributed by atoms with van der Waals surface area (Å²) in [6, 6.07) is 18.9. The van der Waals surface area contributed by atoms with Crippen molar-refractivity contribution >= 4 is 23.0 Å². The third kappa shape index (κ3) is 3.76. The van der Waals surface area contributed by atoms with Crippen molar-refractivity contribution in [3.8, 4) is 11.1 Å². The molecular weight excluding hydrogens is 305 g/mol. The summed E-state index contributed by atoms with van der Waals surface area (Å²) in [5.74, 6) is -0.660. The number of para-hydroxylation sites is 1. The van der Waals surface area contributed by atoms with Gasteiger partial charge in [-0.2, -0.15) is 0 Å². The molecule has 120 valence electrons. The van der Waals surface area contributed by atoms with Crippen LogP contribution in [0.3, 0.4) is 0 Å². The maximum absolute atomic E-state index is 12.5. The molecule has 0 saturated carbocycles. The lowest BCUT2D eigenvalue weighted by Crippen LogP contribution is -2.13. The highest BCUT2D eigenvalue weighted by Gasteiger charge is 2.08. The summed E-state index contributed by atoms with van der Waals surface area (Å²) in [6.07, 6.45) is 3.45. The molecule has 4 nitrogen and oxygen atoms in total. The Morgan fingerprint density at radius 2 is 1.83 bits per heavy atom. The van der Waals surface area contributed by atoms with Gasteiger partial charge in [-0.3, -0.25) is 9.78 Å². The minimum Gasteiger partial charge on any atom is -0.354 e. The first-order chi connectivity index (χ1) is 11.8. The van der Waals surface area contributed by atoms with Crippen molar-refractivity contribution < 1.29 is 9.18 Å². The average Bonchev–Trinajstić information content (AvgIpc) is 2.63. The van der Waals surface area contributed by atoms with Crippen molar-refractivity contribution in [2.24, 2.45) is 0 Å². The maximum atomic E-state index is 12.5. The van der Waals surface area contributed by atoms with Crippen LogP contribution in [0.4, 0.5) is 21.5 Å². The van der Waals surface area contributed by atoms with Gasteiger partial charge in [0.05, 0.1) is 11.9 Å². The number of amides is 1. The molecule has 0 aliphatic heterocycles. The minimum absolute atomic E-state index is 0.582. The van der Waals surface area contributed by atoms with Crippen molar-refractivity contribution in [2.75, 3.05) is 17.3 Å². The van der Waals surface area contributed by atoms with E-state index in [2.05, 4.69) is 15.6 Å². The molecule has 24 heavy (non-hydrogen) atoms. The monoisotopic (exact) mass is 321 g/mol. The number of alkyl halides is 1. The molecule has 0 fully saturated rings. The number of carbonyl (C=O) groups is 1. The van der Waals surface area contributed by atoms with Crippen LogP contribution in [-0.4, -0.2) is 17.6 Å². The van der Waals surface area contributed by atoms with Crippen molar-refractivity contribution in [3.63, 3.8) is 0 Å².